The molecular weight excluding hydrogens is 492 g/mol. The number of carbonyl (C=O) groups is 2. The van der Waals surface area contributed by atoms with Crippen LogP contribution in [-0.4, -0.2) is 36.9 Å². The molecule has 1 amide bonds. The number of esters is 1. The second-order valence-corrected chi connectivity index (χ2v) is 10.4. The first kappa shape index (κ1) is 27.7. The van der Waals surface area contributed by atoms with E-state index in [0.29, 0.717) is 12.0 Å². The summed E-state index contributed by atoms with van der Waals surface area (Å²) in [4.78, 5) is 25.2. The highest BCUT2D eigenvalue weighted by atomic mass is 16.6. The standard InChI is InChI=1S/C33H47NO5/c1-2-3-4-5-6-7-8-9-10-11-12-19-24-30(37-25-27-20-15-13-16-21-27)31(29-26-38-33(36)34-29)39-32(35)28-22-17-14-18-23-28/h13-18,20-23,29-31H,2-12,19,24-26H2,1H3,(H,34,36)/t29-,30+,31-/m0/s1/i26+1D2,29+1. The third kappa shape index (κ3) is 11.8. The summed E-state index contributed by atoms with van der Waals surface area (Å²) in [5.41, 5.74) is 1.30. The van der Waals surface area contributed by atoms with Crippen LogP contribution in [0.5, 0.6) is 0 Å². The van der Waals surface area contributed by atoms with Gasteiger partial charge in [0, 0.05) is 0 Å². The van der Waals surface area contributed by atoms with E-state index in [4.69, 9.17) is 17.0 Å². The Morgan fingerprint density at radius 1 is 0.897 bits per heavy atom. The third-order valence-electron chi connectivity index (χ3n) is 7.15. The SMILES string of the molecule is [2H][13C]1([2H])OC(=O)N[13C@@H]1[C@H](OC(=O)c1ccccc1)[C@@H](CCCCCCCCCCCCCC)OCc1ccccc1. The Labute approximate surface area is 237 Å². The van der Waals surface area contributed by atoms with Gasteiger partial charge < -0.3 is 19.5 Å². The topological polar surface area (TPSA) is 73.9 Å². The van der Waals surface area contributed by atoms with E-state index >= 15 is 0 Å². The fourth-order valence-corrected chi connectivity index (χ4v) is 4.88. The molecule has 0 aliphatic carbocycles. The lowest BCUT2D eigenvalue weighted by Crippen LogP contribution is -2.48. The van der Waals surface area contributed by atoms with Gasteiger partial charge in [-0.25, -0.2) is 9.59 Å². The second-order valence-electron chi connectivity index (χ2n) is 10.4. The first-order valence-corrected chi connectivity index (χ1v) is 14.8. The molecule has 0 radical (unpaired) electrons. The van der Waals surface area contributed by atoms with Crippen LogP contribution in [0, 0.1) is 0 Å². The van der Waals surface area contributed by atoms with Gasteiger partial charge in [0.2, 0.25) is 0 Å². The van der Waals surface area contributed by atoms with Crippen molar-refractivity contribution >= 4 is 12.1 Å². The van der Waals surface area contributed by atoms with Gasteiger partial charge in [0.1, 0.15) is 12.6 Å². The maximum absolute atomic E-state index is 13.1. The van der Waals surface area contributed by atoms with E-state index in [1.54, 1.807) is 30.3 Å². The summed E-state index contributed by atoms with van der Waals surface area (Å²) in [6.45, 7) is 0.158. The molecule has 0 aromatic heterocycles. The number of cyclic esters (lactones) is 1. The maximum atomic E-state index is 13.1. The van der Waals surface area contributed by atoms with Crippen molar-refractivity contribution in [3.63, 3.8) is 0 Å². The predicted octanol–water partition coefficient (Wildman–Crippen LogP) is 8.00. The Morgan fingerprint density at radius 2 is 1.46 bits per heavy atom. The Bertz CT molecular complexity index is 1020. The Kier molecular flexibility index (Phi) is 13.1. The van der Waals surface area contributed by atoms with Gasteiger partial charge in [0.25, 0.3) is 0 Å². The Hall–Kier alpha value is -2.86. The number of alkyl carbamates (subject to hydrolysis) is 1. The molecule has 0 unspecified atom stereocenters. The molecule has 1 aliphatic rings. The molecule has 6 heteroatoms. The first-order chi connectivity index (χ1) is 19.9. The van der Waals surface area contributed by atoms with Crippen LogP contribution >= 0.6 is 0 Å². The molecule has 39 heavy (non-hydrogen) atoms. The minimum Gasteiger partial charge on any atom is -0.454 e. The van der Waals surface area contributed by atoms with E-state index in [9.17, 15) is 9.59 Å². The molecule has 1 aliphatic heterocycles. The average Bonchev–Trinajstić information content (AvgIpc) is 3.26. The molecule has 1 N–H and O–H groups in total. The van der Waals surface area contributed by atoms with Crippen LogP contribution in [-0.2, 0) is 20.8 Å². The highest BCUT2D eigenvalue weighted by Crippen LogP contribution is 2.23. The third-order valence-corrected chi connectivity index (χ3v) is 7.15. The van der Waals surface area contributed by atoms with E-state index in [-0.39, 0.29) is 6.61 Å². The number of unbranched alkanes of at least 4 members (excludes halogenated alkanes) is 11. The zero-order chi connectivity index (χ0) is 29.3. The first-order valence-electron chi connectivity index (χ1n) is 15.8. The summed E-state index contributed by atoms with van der Waals surface area (Å²) in [5, 5.41) is 2.53. The molecule has 1 heterocycles. The lowest BCUT2D eigenvalue weighted by molar-refractivity contribution is -0.0746. The van der Waals surface area contributed by atoms with E-state index < -0.39 is 36.9 Å². The van der Waals surface area contributed by atoms with Crippen LogP contribution in [0.3, 0.4) is 0 Å². The van der Waals surface area contributed by atoms with E-state index in [1.807, 2.05) is 30.3 Å². The number of nitrogens with one attached hydrogen (secondary N) is 1. The summed E-state index contributed by atoms with van der Waals surface area (Å²) in [6.07, 6.45) is 12.6. The predicted molar refractivity (Wildman–Crippen MR) is 155 cm³/mol. The molecule has 2 aromatic rings. The monoisotopic (exact) mass is 541 g/mol. The molecule has 3 atom stereocenters. The Morgan fingerprint density at radius 3 is 2.03 bits per heavy atom. The highest BCUT2D eigenvalue weighted by molar-refractivity contribution is 5.89. The lowest BCUT2D eigenvalue weighted by atomic mass is 10.0. The van der Waals surface area contributed by atoms with Gasteiger partial charge in [0.15, 0.2) is 6.10 Å². The number of hydrogen-bond donors (Lipinski definition) is 1. The minimum atomic E-state index is -2.36. The van der Waals surface area contributed by atoms with Crippen molar-refractivity contribution in [3.8, 4) is 0 Å². The van der Waals surface area contributed by atoms with Gasteiger partial charge in [0.05, 0.1) is 21.0 Å². The van der Waals surface area contributed by atoms with Gasteiger partial charge in [-0.2, -0.15) is 0 Å². The second kappa shape index (κ2) is 18.4. The summed E-state index contributed by atoms with van der Waals surface area (Å²) >= 11 is 0. The molecule has 2 aromatic carbocycles. The van der Waals surface area contributed by atoms with Crippen LogP contribution < -0.4 is 5.32 Å². The summed E-state index contributed by atoms with van der Waals surface area (Å²) in [6, 6.07) is 17.0. The summed E-state index contributed by atoms with van der Waals surface area (Å²) in [7, 11) is 0. The number of rotatable bonds is 20. The van der Waals surface area contributed by atoms with Crippen molar-refractivity contribution in [2.45, 2.75) is 115 Å². The van der Waals surface area contributed by atoms with Crippen LogP contribution in [0.1, 0.15) is 109 Å². The molecule has 0 bridgehead atoms. The van der Waals surface area contributed by atoms with Crippen molar-refractivity contribution in [3.05, 3.63) is 71.8 Å². The maximum Gasteiger partial charge on any atom is 0.407 e. The lowest BCUT2D eigenvalue weighted by Gasteiger charge is -2.30. The normalized spacial score (nSPS) is 18.4. The quantitative estimate of drug-likeness (QED) is 0.104. The number of amides is 1. The number of carbonyl (C=O) groups excluding carboxylic acids is 2. The Balaban J connectivity index is 1.61. The van der Waals surface area contributed by atoms with Crippen LogP contribution in [0.4, 0.5) is 4.79 Å². The largest absolute Gasteiger partial charge is 0.454 e. The fourth-order valence-electron chi connectivity index (χ4n) is 4.88. The van der Waals surface area contributed by atoms with Gasteiger partial charge in [-0.05, 0) is 24.1 Å². The van der Waals surface area contributed by atoms with Crippen LogP contribution in [0.2, 0.25) is 0 Å². The van der Waals surface area contributed by atoms with Crippen molar-refractivity contribution in [2.75, 3.05) is 6.56 Å². The molecule has 0 spiro atoms. The average molecular weight is 542 g/mol. The zero-order valence-electron chi connectivity index (χ0n) is 25.4. The van der Waals surface area contributed by atoms with Gasteiger partial charge in [-0.15, -0.1) is 0 Å². The highest BCUT2D eigenvalue weighted by Gasteiger charge is 2.39. The van der Waals surface area contributed by atoms with Gasteiger partial charge >= 0.3 is 12.1 Å². The van der Waals surface area contributed by atoms with E-state index in [1.165, 1.54) is 57.8 Å². The molecule has 0 saturated carbocycles. The fraction of sp³-hybridized carbons (Fsp3) is 0.576. The summed E-state index contributed by atoms with van der Waals surface area (Å²) < 4.78 is 33.8. The molecule has 6 nitrogen and oxygen atoms in total. The number of ether oxygens (including phenoxy) is 3. The summed E-state index contributed by atoms with van der Waals surface area (Å²) in [5.74, 6) is -0.601. The van der Waals surface area contributed by atoms with E-state index in [0.717, 1.165) is 24.8 Å². The van der Waals surface area contributed by atoms with Gasteiger partial charge in [-0.3, -0.25) is 0 Å². The van der Waals surface area contributed by atoms with E-state index in [2.05, 4.69) is 12.2 Å². The molecule has 214 valence electrons. The molecule has 1 fully saturated rings. The van der Waals surface area contributed by atoms with Crippen molar-refractivity contribution in [1.82, 2.24) is 5.32 Å². The smallest absolute Gasteiger partial charge is 0.407 e. The van der Waals surface area contributed by atoms with Crippen molar-refractivity contribution in [2.24, 2.45) is 0 Å². The van der Waals surface area contributed by atoms with Crippen LogP contribution in [0.15, 0.2) is 60.7 Å². The van der Waals surface area contributed by atoms with Crippen molar-refractivity contribution < 1.29 is 26.5 Å². The minimum absolute atomic E-state index is 0.272. The van der Waals surface area contributed by atoms with Crippen LogP contribution in [0.25, 0.3) is 0 Å². The van der Waals surface area contributed by atoms with Crippen molar-refractivity contribution in [1.29, 1.82) is 0 Å². The molecule has 1 saturated heterocycles. The van der Waals surface area contributed by atoms with Gasteiger partial charge in [-0.1, -0.05) is 133 Å². The molecule has 3 rings (SSSR count). The number of hydrogen-bond acceptors (Lipinski definition) is 5. The number of benzene rings is 2. The molecular formula is C33H47NO5. The zero-order valence-corrected chi connectivity index (χ0v) is 23.4.